The smallest absolute Gasteiger partial charge is 0.242 e. The molecular weight excluding hydrogens is 320 g/mol. The molecule has 0 aliphatic carbocycles. The summed E-state index contributed by atoms with van der Waals surface area (Å²) in [4.78, 5) is 27.7. The molecule has 1 fully saturated rings. The second-order valence-corrected chi connectivity index (χ2v) is 6.26. The maximum Gasteiger partial charge on any atom is 0.242 e. The molecular formula is C19H28N2O4. The molecule has 0 saturated carbocycles. The van der Waals surface area contributed by atoms with E-state index in [0.29, 0.717) is 18.9 Å². The van der Waals surface area contributed by atoms with Crippen LogP contribution in [0.5, 0.6) is 11.5 Å². The fraction of sp³-hybridized carbons (Fsp3) is 0.579. The van der Waals surface area contributed by atoms with Crippen molar-refractivity contribution in [3.05, 3.63) is 24.3 Å². The third-order valence-electron chi connectivity index (χ3n) is 4.42. The SMILES string of the molecule is COc1ccc(OCCN(CC(=O)N2CCCCCC2)C(C)=O)cc1. The molecule has 6 nitrogen and oxygen atoms in total. The summed E-state index contributed by atoms with van der Waals surface area (Å²) in [5.41, 5.74) is 0. The highest BCUT2D eigenvalue weighted by molar-refractivity contribution is 5.83. The molecule has 2 amide bonds. The number of carbonyl (C=O) groups is 2. The topological polar surface area (TPSA) is 59.1 Å². The van der Waals surface area contributed by atoms with Crippen molar-refractivity contribution in [2.24, 2.45) is 0 Å². The van der Waals surface area contributed by atoms with Gasteiger partial charge in [-0.15, -0.1) is 0 Å². The Morgan fingerprint density at radius 2 is 1.64 bits per heavy atom. The van der Waals surface area contributed by atoms with Crippen LogP contribution in [0.3, 0.4) is 0 Å². The number of amides is 2. The van der Waals surface area contributed by atoms with Gasteiger partial charge >= 0.3 is 0 Å². The van der Waals surface area contributed by atoms with E-state index in [1.54, 1.807) is 12.0 Å². The van der Waals surface area contributed by atoms with Crippen molar-refractivity contribution in [2.45, 2.75) is 32.6 Å². The number of carbonyl (C=O) groups excluding carboxylic acids is 2. The van der Waals surface area contributed by atoms with E-state index < -0.39 is 0 Å². The van der Waals surface area contributed by atoms with Gasteiger partial charge in [-0.2, -0.15) is 0 Å². The Morgan fingerprint density at radius 3 is 2.20 bits per heavy atom. The zero-order chi connectivity index (χ0) is 18.1. The molecule has 0 unspecified atom stereocenters. The van der Waals surface area contributed by atoms with E-state index in [1.807, 2.05) is 29.2 Å². The van der Waals surface area contributed by atoms with E-state index in [-0.39, 0.29) is 18.4 Å². The first-order chi connectivity index (χ1) is 12.1. The van der Waals surface area contributed by atoms with Crippen LogP contribution >= 0.6 is 0 Å². The van der Waals surface area contributed by atoms with Gasteiger partial charge in [0.15, 0.2) is 0 Å². The second kappa shape index (κ2) is 9.91. The Morgan fingerprint density at radius 1 is 1.04 bits per heavy atom. The molecule has 0 aromatic heterocycles. The van der Waals surface area contributed by atoms with Gasteiger partial charge in [0.1, 0.15) is 18.1 Å². The van der Waals surface area contributed by atoms with Gasteiger partial charge in [0.25, 0.3) is 0 Å². The molecule has 25 heavy (non-hydrogen) atoms. The Kier molecular flexibility index (Phi) is 7.57. The van der Waals surface area contributed by atoms with Crippen molar-refractivity contribution in [2.75, 3.05) is 39.9 Å². The van der Waals surface area contributed by atoms with Crippen molar-refractivity contribution in [3.63, 3.8) is 0 Å². The first-order valence-corrected chi connectivity index (χ1v) is 8.90. The van der Waals surface area contributed by atoms with Crippen molar-refractivity contribution < 1.29 is 19.1 Å². The van der Waals surface area contributed by atoms with E-state index in [0.717, 1.165) is 31.7 Å². The molecule has 1 aliphatic heterocycles. The van der Waals surface area contributed by atoms with Crippen LogP contribution < -0.4 is 9.47 Å². The van der Waals surface area contributed by atoms with Crippen molar-refractivity contribution >= 4 is 11.8 Å². The van der Waals surface area contributed by atoms with Crippen molar-refractivity contribution in [1.29, 1.82) is 0 Å². The lowest BCUT2D eigenvalue weighted by Crippen LogP contribution is -2.43. The van der Waals surface area contributed by atoms with Crippen LogP contribution in [0.15, 0.2) is 24.3 Å². The molecule has 1 aromatic rings. The predicted octanol–water partition coefficient (Wildman–Crippen LogP) is 2.33. The van der Waals surface area contributed by atoms with Crippen molar-refractivity contribution in [1.82, 2.24) is 9.80 Å². The van der Waals surface area contributed by atoms with Gasteiger partial charge in [0.05, 0.1) is 20.2 Å². The molecule has 0 atom stereocenters. The van der Waals surface area contributed by atoms with E-state index in [9.17, 15) is 9.59 Å². The molecule has 6 heteroatoms. The summed E-state index contributed by atoms with van der Waals surface area (Å²) < 4.78 is 10.8. The number of rotatable bonds is 7. The lowest BCUT2D eigenvalue weighted by molar-refractivity contribution is -0.139. The molecule has 138 valence electrons. The minimum absolute atomic E-state index is 0.0292. The Labute approximate surface area is 149 Å². The first kappa shape index (κ1) is 19.1. The average Bonchev–Trinajstić information content (AvgIpc) is 2.90. The van der Waals surface area contributed by atoms with Gasteiger partial charge in [0, 0.05) is 20.0 Å². The van der Waals surface area contributed by atoms with Crippen LogP contribution in [-0.2, 0) is 9.59 Å². The highest BCUT2D eigenvalue weighted by Gasteiger charge is 2.20. The minimum Gasteiger partial charge on any atom is -0.497 e. The van der Waals surface area contributed by atoms with Gasteiger partial charge in [-0.25, -0.2) is 0 Å². The monoisotopic (exact) mass is 348 g/mol. The minimum atomic E-state index is -0.110. The standard InChI is InChI=1S/C19H28N2O4/c1-16(22)21(15-19(23)20-11-5-3-4-6-12-20)13-14-25-18-9-7-17(24-2)8-10-18/h7-10H,3-6,11-15H2,1-2H3. The fourth-order valence-electron chi connectivity index (χ4n) is 2.88. The van der Waals surface area contributed by atoms with E-state index in [1.165, 1.54) is 19.8 Å². The summed E-state index contributed by atoms with van der Waals surface area (Å²) in [6, 6.07) is 7.28. The average molecular weight is 348 g/mol. The van der Waals surface area contributed by atoms with Crippen LogP contribution in [0.25, 0.3) is 0 Å². The maximum absolute atomic E-state index is 12.4. The first-order valence-electron chi connectivity index (χ1n) is 8.90. The highest BCUT2D eigenvalue weighted by atomic mass is 16.5. The van der Waals surface area contributed by atoms with Crippen LogP contribution in [0.2, 0.25) is 0 Å². The molecule has 0 radical (unpaired) electrons. The molecule has 1 saturated heterocycles. The Hall–Kier alpha value is -2.24. The van der Waals surface area contributed by atoms with Crippen LogP contribution in [-0.4, -0.2) is 61.5 Å². The Bertz CT molecular complexity index is 551. The normalized spacial score (nSPS) is 14.6. The summed E-state index contributed by atoms with van der Waals surface area (Å²) >= 11 is 0. The number of methoxy groups -OCH3 is 1. The van der Waals surface area contributed by atoms with Gasteiger partial charge in [-0.05, 0) is 37.1 Å². The molecule has 1 aromatic carbocycles. The van der Waals surface area contributed by atoms with Crippen LogP contribution in [0.1, 0.15) is 32.6 Å². The molecule has 1 heterocycles. The van der Waals surface area contributed by atoms with E-state index in [4.69, 9.17) is 9.47 Å². The number of hydrogen-bond acceptors (Lipinski definition) is 4. The molecule has 1 aliphatic rings. The summed E-state index contributed by atoms with van der Waals surface area (Å²) in [6.07, 6.45) is 4.45. The summed E-state index contributed by atoms with van der Waals surface area (Å²) in [5.74, 6) is 1.40. The Balaban J connectivity index is 1.81. The summed E-state index contributed by atoms with van der Waals surface area (Å²) in [7, 11) is 1.61. The number of benzene rings is 1. The van der Waals surface area contributed by atoms with Crippen molar-refractivity contribution in [3.8, 4) is 11.5 Å². The molecule has 0 bridgehead atoms. The van der Waals surface area contributed by atoms with E-state index >= 15 is 0 Å². The third-order valence-corrected chi connectivity index (χ3v) is 4.42. The fourth-order valence-corrected chi connectivity index (χ4v) is 2.88. The lowest BCUT2D eigenvalue weighted by Gasteiger charge is -2.26. The summed E-state index contributed by atoms with van der Waals surface area (Å²) in [5, 5.41) is 0. The summed E-state index contributed by atoms with van der Waals surface area (Å²) in [6.45, 7) is 3.95. The molecule has 0 N–H and O–H groups in total. The predicted molar refractivity (Wildman–Crippen MR) is 95.8 cm³/mol. The van der Waals surface area contributed by atoms with Gasteiger partial charge < -0.3 is 19.3 Å². The highest BCUT2D eigenvalue weighted by Crippen LogP contribution is 2.17. The molecule has 2 rings (SSSR count). The largest absolute Gasteiger partial charge is 0.497 e. The molecule has 0 spiro atoms. The van der Waals surface area contributed by atoms with Gasteiger partial charge in [0.2, 0.25) is 11.8 Å². The second-order valence-electron chi connectivity index (χ2n) is 6.26. The number of hydrogen-bond donors (Lipinski definition) is 0. The van der Waals surface area contributed by atoms with Crippen LogP contribution in [0.4, 0.5) is 0 Å². The maximum atomic E-state index is 12.4. The zero-order valence-corrected chi connectivity index (χ0v) is 15.2. The van der Waals surface area contributed by atoms with Crippen LogP contribution in [0, 0.1) is 0 Å². The quantitative estimate of drug-likeness (QED) is 0.759. The number of likely N-dealkylation sites (tertiary alicyclic amines) is 1. The van der Waals surface area contributed by atoms with E-state index in [2.05, 4.69) is 0 Å². The lowest BCUT2D eigenvalue weighted by atomic mass is 10.2. The van der Waals surface area contributed by atoms with Gasteiger partial charge in [-0.1, -0.05) is 12.8 Å². The zero-order valence-electron chi connectivity index (χ0n) is 15.2. The third kappa shape index (κ3) is 6.29. The number of ether oxygens (including phenoxy) is 2. The number of nitrogens with zero attached hydrogens (tertiary/aromatic N) is 2. The van der Waals surface area contributed by atoms with Gasteiger partial charge in [-0.3, -0.25) is 9.59 Å².